The number of aryl methyl sites for hydroxylation is 1. The van der Waals surface area contributed by atoms with Gasteiger partial charge < -0.3 is 9.47 Å². The summed E-state index contributed by atoms with van der Waals surface area (Å²) in [6.45, 7) is 5.82. The zero-order chi connectivity index (χ0) is 14.6. The van der Waals surface area contributed by atoms with E-state index in [4.69, 9.17) is 9.47 Å². The van der Waals surface area contributed by atoms with E-state index in [2.05, 4.69) is 13.8 Å². The maximum absolute atomic E-state index is 12.0. The van der Waals surface area contributed by atoms with Gasteiger partial charge in [0.2, 0.25) is 0 Å². The van der Waals surface area contributed by atoms with Crippen LogP contribution in [0.25, 0.3) is 0 Å². The molecule has 0 saturated heterocycles. The first kappa shape index (κ1) is 16.7. The van der Waals surface area contributed by atoms with E-state index in [0.29, 0.717) is 18.8 Å². The Morgan fingerprint density at radius 3 is 2.55 bits per heavy atom. The van der Waals surface area contributed by atoms with Crippen LogP contribution in [0.4, 0.5) is 0 Å². The third kappa shape index (κ3) is 6.20. The normalized spacial score (nSPS) is 10.5. The van der Waals surface area contributed by atoms with Crippen molar-refractivity contribution in [3.63, 3.8) is 0 Å². The molecule has 1 rings (SSSR count). The Morgan fingerprint density at radius 2 is 1.80 bits per heavy atom. The molecule has 112 valence electrons. The van der Waals surface area contributed by atoms with Crippen molar-refractivity contribution in [1.29, 1.82) is 0 Å². The number of rotatable bonds is 10. The number of hydrogen-bond acceptors (Lipinski definition) is 3. The molecule has 1 aromatic carbocycles. The van der Waals surface area contributed by atoms with Crippen LogP contribution >= 0.6 is 0 Å². The highest BCUT2D eigenvalue weighted by Gasteiger charge is 2.11. The number of esters is 1. The number of unbranched alkanes of at least 4 members (excludes halogenated alkanes) is 2. The maximum atomic E-state index is 12.0. The quantitative estimate of drug-likeness (QED) is 0.479. The molecule has 0 heterocycles. The van der Waals surface area contributed by atoms with Gasteiger partial charge in [-0.25, -0.2) is 4.79 Å². The van der Waals surface area contributed by atoms with Crippen molar-refractivity contribution in [1.82, 2.24) is 0 Å². The summed E-state index contributed by atoms with van der Waals surface area (Å²) in [5.41, 5.74) is 1.74. The van der Waals surface area contributed by atoms with Crippen molar-refractivity contribution in [3.8, 4) is 0 Å². The zero-order valence-corrected chi connectivity index (χ0v) is 12.7. The molecule has 20 heavy (non-hydrogen) atoms. The number of carbonyl (C=O) groups excluding carboxylic acids is 1. The lowest BCUT2D eigenvalue weighted by atomic mass is 10.0. The van der Waals surface area contributed by atoms with E-state index < -0.39 is 0 Å². The molecule has 0 atom stereocenters. The molecule has 3 heteroatoms. The van der Waals surface area contributed by atoms with Crippen molar-refractivity contribution in [2.24, 2.45) is 0 Å². The highest BCUT2D eigenvalue weighted by atomic mass is 16.6. The lowest BCUT2D eigenvalue weighted by Gasteiger charge is -2.09. The number of carbonyl (C=O) groups is 1. The van der Waals surface area contributed by atoms with Crippen molar-refractivity contribution in [2.45, 2.75) is 46.0 Å². The van der Waals surface area contributed by atoms with Gasteiger partial charge in [0.15, 0.2) is 0 Å². The van der Waals surface area contributed by atoms with E-state index >= 15 is 0 Å². The summed E-state index contributed by atoms with van der Waals surface area (Å²) in [6.07, 6.45) is 5.37. The Morgan fingerprint density at radius 1 is 1.00 bits per heavy atom. The lowest BCUT2D eigenvalue weighted by molar-refractivity contribution is 0.0311. The first-order valence-electron chi connectivity index (χ1n) is 7.62. The molecule has 0 aliphatic heterocycles. The Hall–Kier alpha value is -1.35. The fraction of sp³-hybridized carbons (Fsp3) is 0.588. The molecule has 0 unspecified atom stereocenters. The molecule has 0 aliphatic rings. The monoisotopic (exact) mass is 278 g/mol. The van der Waals surface area contributed by atoms with E-state index in [0.717, 1.165) is 31.4 Å². The molecule has 0 aliphatic carbocycles. The van der Waals surface area contributed by atoms with Gasteiger partial charge in [0.05, 0.1) is 12.2 Å². The van der Waals surface area contributed by atoms with Gasteiger partial charge in [-0.05, 0) is 24.5 Å². The molecule has 0 fully saturated rings. The Balaban J connectivity index is 2.29. The molecule has 0 N–H and O–H groups in total. The summed E-state index contributed by atoms with van der Waals surface area (Å²) < 4.78 is 10.7. The van der Waals surface area contributed by atoms with Crippen LogP contribution in [0.5, 0.6) is 0 Å². The van der Waals surface area contributed by atoms with E-state index in [-0.39, 0.29) is 5.97 Å². The van der Waals surface area contributed by atoms with E-state index in [1.807, 2.05) is 24.3 Å². The van der Waals surface area contributed by atoms with Gasteiger partial charge in [-0.2, -0.15) is 0 Å². The Kier molecular flexibility index (Phi) is 8.72. The van der Waals surface area contributed by atoms with Crippen LogP contribution in [-0.2, 0) is 15.9 Å². The van der Waals surface area contributed by atoms with Crippen molar-refractivity contribution in [3.05, 3.63) is 35.4 Å². The summed E-state index contributed by atoms with van der Waals surface area (Å²) >= 11 is 0. The molecule has 3 nitrogen and oxygen atoms in total. The SMILES string of the molecule is CCCCCOCCOC(=O)c1ccccc1CCC. The minimum absolute atomic E-state index is 0.244. The lowest BCUT2D eigenvalue weighted by Crippen LogP contribution is -2.13. The van der Waals surface area contributed by atoms with Crippen molar-refractivity contribution >= 4 is 5.97 Å². The summed E-state index contributed by atoms with van der Waals surface area (Å²) in [4.78, 5) is 12.0. The van der Waals surface area contributed by atoms with Crippen LogP contribution in [0.15, 0.2) is 24.3 Å². The Labute approximate surface area is 122 Å². The molecule has 0 saturated carbocycles. The summed E-state index contributed by atoms with van der Waals surface area (Å²) in [7, 11) is 0. The van der Waals surface area contributed by atoms with Gasteiger partial charge in [0, 0.05) is 6.61 Å². The minimum atomic E-state index is -0.244. The molecule has 0 bridgehead atoms. The minimum Gasteiger partial charge on any atom is -0.460 e. The van der Waals surface area contributed by atoms with Crippen LogP contribution in [0.1, 0.15) is 55.5 Å². The summed E-state index contributed by atoms with van der Waals surface area (Å²) in [5, 5.41) is 0. The largest absolute Gasteiger partial charge is 0.460 e. The van der Waals surface area contributed by atoms with Crippen LogP contribution in [0.3, 0.4) is 0 Å². The second-order valence-electron chi connectivity index (χ2n) is 4.86. The van der Waals surface area contributed by atoms with Gasteiger partial charge in [-0.15, -0.1) is 0 Å². The fourth-order valence-electron chi connectivity index (χ4n) is 2.03. The zero-order valence-electron chi connectivity index (χ0n) is 12.7. The summed E-state index contributed by atoms with van der Waals surface area (Å²) in [5.74, 6) is -0.244. The van der Waals surface area contributed by atoms with Crippen LogP contribution < -0.4 is 0 Å². The van der Waals surface area contributed by atoms with Gasteiger partial charge in [-0.3, -0.25) is 0 Å². The first-order valence-corrected chi connectivity index (χ1v) is 7.62. The standard InChI is InChI=1S/C17H26O3/c1-3-5-8-12-19-13-14-20-17(18)16-11-7-6-10-15(16)9-4-2/h6-7,10-11H,3-5,8-9,12-14H2,1-2H3. The second kappa shape index (κ2) is 10.4. The molecular formula is C17H26O3. The van der Waals surface area contributed by atoms with Crippen LogP contribution in [0.2, 0.25) is 0 Å². The highest BCUT2D eigenvalue weighted by Crippen LogP contribution is 2.12. The average molecular weight is 278 g/mol. The van der Waals surface area contributed by atoms with Crippen LogP contribution in [-0.4, -0.2) is 25.8 Å². The number of benzene rings is 1. The third-order valence-corrected chi connectivity index (χ3v) is 3.11. The smallest absolute Gasteiger partial charge is 0.338 e. The van der Waals surface area contributed by atoms with Gasteiger partial charge in [0.25, 0.3) is 0 Å². The maximum Gasteiger partial charge on any atom is 0.338 e. The molecule has 0 amide bonds. The van der Waals surface area contributed by atoms with E-state index in [1.165, 1.54) is 12.8 Å². The first-order chi connectivity index (χ1) is 9.79. The van der Waals surface area contributed by atoms with E-state index in [9.17, 15) is 4.79 Å². The molecule has 0 spiro atoms. The van der Waals surface area contributed by atoms with Gasteiger partial charge >= 0.3 is 5.97 Å². The predicted octanol–water partition coefficient (Wildman–Crippen LogP) is 4.00. The summed E-state index contributed by atoms with van der Waals surface area (Å²) in [6, 6.07) is 7.65. The number of ether oxygens (including phenoxy) is 2. The molecule has 0 aromatic heterocycles. The predicted molar refractivity (Wildman–Crippen MR) is 81.1 cm³/mol. The Bertz CT molecular complexity index is 388. The van der Waals surface area contributed by atoms with Crippen LogP contribution in [0, 0.1) is 0 Å². The molecule has 0 radical (unpaired) electrons. The number of hydrogen-bond donors (Lipinski definition) is 0. The van der Waals surface area contributed by atoms with Gasteiger partial charge in [0.1, 0.15) is 6.61 Å². The molecule has 1 aromatic rings. The van der Waals surface area contributed by atoms with Crippen molar-refractivity contribution < 1.29 is 14.3 Å². The topological polar surface area (TPSA) is 35.5 Å². The average Bonchev–Trinajstić information content (AvgIpc) is 2.47. The molecular weight excluding hydrogens is 252 g/mol. The third-order valence-electron chi connectivity index (χ3n) is 3.11. The van der Waals surface area contributed by atoms with E-state index in [1.54, 1.807) is 0 Å². The van der Waals surface area contributed by atoms with Crippen molar-refractivity contribution in [2.75, 3.05) is 19.8 Å². The highest BCUT2D eigenvalue weighted by molar-refractivity contribution is 5.91. The second-order valence-corrected chi connectivity index (χ2v) is 4.86. The fourth-order valence-corrected chi connectivity index (χ4v) is 2.03. The van der Waals surface area contributed by atoms with Gasteiger partial charge in [-0.1, -0.05) is 51.3 Å².